The third kappa shape index (κ3) is 7.61. The molecule has 8 atom stereocenters. The molecule has 5 rings (SSSR count). The second kappa shape index (κ2) is 15.4. The molecule has 1 fully saturated rings. The monoisotopic (exact) mass is 644 g/mol. The molecule has 2 aliphatic carbocycles. The molecule has 8 unspecified atom stereocenters. The van der Waals surface area contributed by atoms with Gasteiger partial charge in [-0.25, -0.2) is 4.21 Å². The van der Waals surface area contributed by atoms with Gasteiger partial charge in [0, 0.05) is 44.2 Å². The van der Waals surface area contributed by atoms with Crippen LogP contribution in [0.4, 0.5) is 5.69 Å². The Kier molecular flexibility index (Phi) is 11.6. The minimum absolute atomic E-state index is 0.0202. The molecule has 7 nitrogen and oxygen atoms in total. The maximum Gasteiger partial charge on any atom is 0.263 e. The molecule has 0 aromatic heterocycles. The molecule has 0 saturated heterocycles. The van der Waals surface area contributed by atoms with Gasteiger partial charge in [0.15, 0.2) is 0 Å². The minimum atomic E-state index is -1.58. The highest BCUT2D eigenvalue weighted by molar-refractivity contribution is 7.84. The Bertz CT molecular complexity index is 1270. The Morgan fingerprint density at radius 2 is 2.05 bits per heavy atom. The normalized spacial score (nSPS) is 33.0. The van der Waals surface area contributed by atoms with Crippen molar-refractivity contribution in [3.05, 3.63) is 47.1 Å². The van der Waals surface area contributed by atoms with E-state index < -0.39 is 11.0 Å². The number of halogens is 1. The number of nitrogens with one attached hydrogen (secondary N) is 1. The first-order valence-electron chi connectivity index (χ1n) is 16.5. The quantitative estimate of drug-likeness (QED) is 0.265. The Morgan fingerprint density at radius 3 is 2.77 bits per heavy atom. The molecule has 2 heterocycles. The first kappa shape index (κ1) is 33.2. The summed E-state index contributed by atoms with van der Waals surface area (Å²) in [4.78, 5) is 28.3. The maximum absolute atomic E-state index is 13.5. The van der Waals surface area contributed by atoms with Gasteiger partial charge in [-0.05, 0) is 86.5 Å². The van der Waals surface area contributed by atoms with E-state index in [0.717, 1.165) is 75.9 Å². The van der Waals surface area contributed by atoms with Crippen molar-refractivity contribution in [2.75, 3.05) is 38.3 Å². The number of hydrogen-bond donors (Lipinski definition) is 1. The molecular formula is C35H49ClN2O5S. The van der Waals surface area contributed by atoms with E-state index in [2.05, 4.69) is 35.6 Å². The van der Waals surface area contributed by atoms with E-state index in [9.17, 15) is 13.8 Å². The number of anilines is 1. The van der Waals surface area contributed by atoms with Gasteiger partial charge in [0.25, 0.3) is 5.91 Å². The van der Waals surface area contributed by atoms with Gasteiger partial charge in [-0.15, -0.1) is 11.6 Å². The van der Waals surface area contributed by atoms with Crippen molar-refractivity contribution in [3.63, 3.8) is 0 Å². The smallest absolute Gasteiger partial charge is 0.263 e. The fourth-order valence-corrected chi connectivity index (χ4v) is 9.27. The van der Waals surface area contributed by atoms with Crippen LogP contribution in [0, 0.1) is 29.6 Å². The molecule has 1 amide bonds. The molecule has 1 aromatic carbocycles. The van der Waals surface area contributed by atoms with Gasteiger partial charge in [0.05, 0.1) is 22.9 Å². The van der Waals surface area contributed by atoms with Gasteiger partial charge in [-0.3, -0.25) is 9.52 Å². The van der Waals surface area contributed by atoms with E-state index in [1.807, 2.05) is 12.1 Å². The number of methoxy groups -OCH3 is 1. The van der Waals surface area contributed by atoms with Gasteiger partial charge < -0.3 is 19.2 Å². The lowest BCUT2D eigenvalue weighted by molar-refractivity contribution is -0.115. The number of nitrogens with zero attached hydrogens (tertiary/aromatic N) is 1. The molecule has 1 N–H and O–H groups in total. The largest absolute Gasteiger partial charge is 0.491 e. The summed E-state index contributed by atoms with van der Waals surface area (Å²) in [6.45, 7) is 6.89. The SMILES string of the molecule is CCCC1=C(C2COc3ccc4cc3N(C2)CC2CCC2C(C=O)CCCC(C)C(CCOC)S(=O)NC4=O)C=CC(Cl)C1. The fourth-order valence-electron chi connectivity index (χ4n) is 7.69. The zero-order chi connectivity index (χ0) is 31.2. The topological polar surface area (TPSA) is 84.9 Å². The van der Waals surface area contributed by atoms with Crippen molar-refractivity contribution >= 4 is 40.5 Å². The Morgan fingerprint density at radius 1 is 1.20 bits per heavy atom. The molecule has 2 bridgehead atoms. The van der Waals surface area contributed by atoms with Crippen molar-refractivity contribution in [2.24, 2.45) is 29.6 Å². The molecule has 242 valence electrons. The number of ether oxygens (including phenoxy) is 2. The number of allylic oxidation sites excluding steroid dienone is 3. The summed E-state index contributed by atoms with van der Waals surface area (Å²) >= 11 is 6.55. The molecule has 0 radical (unpaired) electrons. The molecule has 1 saturated carbocycles. The Balaban J connectivity index is 1.50. The number of hydrogen-bond acceptors (Lipinski definition) is 6. The number of carbonyl (C=O) groups excluding carboxylic acids is 2. The number of benzene rings is 1. The van der Waals surface area contributed by atoms with Crippen molar-refractivity contribution in [2.45, 2.75) is 82.3 Å². The number of fused-ring (bicyclic) bond motifs is 2. The third-order valence-corrected chi connectivity index (χ3v) is 12.3. The van der Waals surface area contributed by atoms with Gasteiger partial charge in [-0.2, -0.15) is 0 Å². The number of amides is 1. The van der Waals surface area contributed by atoms with Crippen LogP contribution in [-0.2, 0) is 20.5 Å². The molecule has 2 aliphatic heterocycles. The van der Waals surface area contributed by atoms with Crippen LogP contribution >= 0.6 is 11.6 Å². The summed E-state index contributed by atoms with van der Waals surface area (Å²) in [5.41, 5.74) is 4.09. The predicted molar refractivity (Wildman–Crippen MR) is 178 cm³/mol. The fraction of sp³-hybridized carbons (Fsp3) is 0.657. The van der Waals surface area contributed by atoms with E-state index >= 15 is 0 Å². The van der Waals surface area contributed by atoms with E-state index in [-0.39, 0.29) is 34.3 Å². The highest BCUT2D eigenvalue weighted by Gasteiger charge is 2.39. The highest BCUT2D eigenvalue weighted by atomic mass is 35.5. The summed E-state index contributed by atoms with van der Waals surface area (Å²) < 4.78 is 28.2. The first-order valence-corrected chi connectivity index (χ1v) is 18.2. The number of carbonyl (C=O) groups is 2. The lowest BCUT2D eigenvalue weighted by atomic mass is 9.66. The summed E-state index contributed by atoms with van der Waals surface area (Å²) in [6.07, 6.45) is 13.8. The first-order chi connectivity index (χ1) is 21.3. The van der Waals surface area contributed by atoms with E-state index in [1.54, 1.807) is 13.2 Å². The van der Waals surface area contributed by atoms with Gasteiger partial charge in [-0.1, -0.05) is 44.4 Å². The van der Waals surface area contributed by atoms with Gasteiger partial charge in [0.2, 0.25) is 0 Å². The number of aldehydes is 1. The number of rotatable bonds is 7. The van der Waals surface area contributed by atoms with Crippen molar-refractivity contribution in [1.82, 2.24) is 4.72 Å². The molecular weight excluding hydrogens is 596 g/mol. The zero-order valence-electron chi connectivity index (χ0n) is 26.5. The minimum Gasteiger partial charge on any atom is -0.491 e. The van der Waals surface area contributed by atoms with Gasteiger partial charge >= 0.3 is 0 Å². The van der Waals surface area contributed by atoms with Crippen LogP contribution in [0.15, 0.2) is 41.5 Å². The average Bonchev–Trinajstić information content (AvgIpc) is 3.17. The second-order valence-electron chi connectivity index (χ2n) is 13.2. The zero-order valence-corrected chi connectivity index (χ0v) is 28.0. The Labute approximate surface area is 270 Å². The molecule has 1 aromatic rings. The highest BCUT2D eigenvalue weighted by Crippen LogP contribution is 2.45. The lowest BCUT2D eigenvalue weighted by Crippen LogP contribution is -2.43. The Hall–Kier alpha value is -2.16. The molecule has 4 aliphatic rings. The van der Waals surface area contributed by atoms with E-state index in [4.69, 9.17) is 21.1 Å². The van der Waals surface area contributed by atoms with Crippen LogP contribution in [0.3, 0.4) is 0 Å². The van der Waals surface area contributed by atoms with Crippen molar-refractivity contribution in [3.8, 4) is 5.75 Å². The average molecular weight is 645 g/mol. The van der Waals surface area contributed by atoms with Crippen molar-refractivity contribution < 1.29 is 23.3 Å². The predicted octanol–water partition coefficient (Wildman–Crippen LogP) is 6.63. The summed E-state index contributed by atoms with van der Waals surface area (Å²) in [7, 11) is 0.0628. The van der Waals surface area contributed by atoms with Crippen LogP contribution in [0.2, 0.25) is 0 Å². The molecule has 44 heavy (non-hydrogen) atoms. The standard InChI is InChI=1S/C35H49ClN2O5S/c1-4-6-24-17-29(36)11-13-30(24)28-20-38-19-26-9-12-31(26)27(21-39)8-5-7-23(2)34(15-16-42-3)44(41)37-35(40)25-10-14-33(43-22-28)32(38)18-25/h10-11,13-14,18,21,23,26-29,31,34H,4-9,12,15-17,19-20,22H2,1-3H3,(H,37,40). The van der Waals surface area contributed by atoms with E-state index in [0.29, 0.717) is 37.0 Å². The summed E-state index contributed by atoms with van der Waals surface area (Å²) in [5.74, 6) is 1.48. The van der Waals surface area contributed by atoms with Crippen molar-refractivity contribution in [1.29, 1.82) is 0 Å². The maximum atomic E-state index is 13.5. The van der Waals surface area contributed by atoms with Crippen LogP contribution in [0.5, 0.6) is 5.75 Å². The molecule has 0 spiro atoms. The number of alkyl halides is 1. The summed E-state index contributed by atoms with van der Waals surface area (Å²) in [5, 5.41) is -0.215. The molecule has 9 heteroatoms. The van der Waals surface area contributed by atoms with Crippen LogP contribution in [0.1, 0.15) is 82.0 Å². The van der Waals surface area contributed by atoms with Crippen LogP contribution in [0.25, 0.3) is 0 Å². The lowest BCUT2D eigenvalue weighted by Gasteiger charge is -2.44. The van der Waals surface area contributed by atoms with E-state index in [1.165, 1.54) is 17.4 Å². The summed E-state index contributed by atoms with van der Waals surface area (Å²) in [6, 6.07) is 5.56. The van der Waals surface area contributed by atoms with Crippen LogP contribution < -0.4 is 14.4 Å². The van der Waals surface area contributed by atoms with Gasteiger partial charge in [0.1, 0.15) is 23.0 Å². The third-order valence-electron chi connectivity index (χ3n) is 10.3. The second-order valence-corrected chi connectivity index (χ2v) is 15.2. The van der Waals surface area contributed by atoms with Crippen LogP contribution in [-0.4, -0.2) is 60.4 Å².